The van der Waals surface area contributed by atoms with Crippen LogP contribution < -0.4 is 26.8 Å². The number of hydrogen-bond donors (Lipinski definition) is 3. The Kier molecular flexibility index (Phi) is 9.27. The maximum Gasteiger partial charge on any atom is 0.322 e. The van der Waals surface area contributed by atoms with Gasteiger partial charge in [0.05, 0.1) is 7.11 Å². The van der Waals surface area contributed by atoms with Crippen molar-refractivity contribution < 1.29 is 4.74 Å². The molecule has 0 unspecified atom stereocenters. The van der Waals surface area contributed by atoms with Gasteiger partial charge in [0.1, 0.15) is 5.69 Å². The molecule has 2 rings (SSSR count). The normalized spacial score (nSPS) is 11.2. The van der Waals surface area contributed by atoms with E-state index >= 15 is 0 Å². The minimum absolute atomic E-state index is 0.263. The fourth-order valence-corrected chi connectivity index (χ4v) is 2.49. The summed E-state index contributed by atoms with van der Waals surface area (Å²) in [4.78, 5) is 24.2. The minimum Gasteiger partial charge on any atom is -0.467 e. The van der Waals surface area contributed by atoms with Crippen LogP contribution in [0, 0.1) is 0 Å². The van der Waals surface area contributed by atoms with E-state index in [0.717, 1.165) is 4.68 Å². The molecule has 0 aliphatic rings. The first-order valence-electron chi connectivity index (χ1n) is 9.51. The van der Waals surface area contributed by atoms with Gasteiger partial charge in [0.15, 0.2) is 0 Å². The van der Waals surface area contributed by atoms with Crippen molar-refractivity contribution in [2.45, 2.75) is 71.1 Å². The van der Waals surface area contributed by atoms with Crippen LogP contribution in [0.3, 0.4) is 0 Å². The molecule has 4 N–H and O–H groups in total. The third kappa shape index (κ3) is 7.65. The highest BCUT2D eigenvalue weighted by Crippen LogP contribution is 2.16. The Balaban J connectivity index is 0.000000303. The second-order valence-electron chi connectivity index (χ2n) is 8.03. The standard InChI is InChI=1S/C10H19N5O.C8H14N4OS/c1-6(2)11-8-13-9(12-7(3)4)15-10(14-8)16-5;1-8(2,3)5-6(13)12(9)7(14-4)11-10-5/h6-7H,1-5H3,(H2,11,12,13,14,15);9H2,1-4H3. The van der Waals surface area contributed by atoms with Crippen molar-refractivity contribution in [3.05, 3.63) is 16.0 Å². The van der Waals surface area contributed by atoms with E-state index in [0.29, 0.717) is 28.8 Å². The molecule has 0 atom stereocenters. The summed E-state index contributed by atoms with van der Waals surface area (Å²) < 4.78 is 6.06. The van der Waals surface area contributed by atoms with Gasteiger partial charge in [0.25, 0.3) is 5.56 Å². The summed E-state index contributed by atoms with van der Waals surface area (Å²) in [5, 5.41) is 14.4. The Bertz CT molecular complexity index is 851. The molecule has 0 fully saturated rings. The third-order valence-electron chi connectivity index (χ3n) is 3.39. The van der Waals surface area contributed by atoms with E-state index in [1.807, 2.05) is 48.5 Å². The smallest absolute Gasteiger partial charge is 0.322 e. The number of nitrogens with zero attached hydrogens (tertiary/aromatic N) is 6. The van der Waals surface area contributed by atoms with Gasteiger partial charge in [-0.2, -0.15) is 19.6 Å². The Morgan fingerprint density at radius 1 is 1.00 bits per heavy atom. The number of hydrogen-bond acceptors (Lipinski definition) is 11. The van der Waals surface area contributed by atoms with Gasteiger partial charge in [-0.1, -0.05) is 32.5 Å². The average molecular weight is 440 g/mol. The van der Waals surface area contributed by atoms with Gasteiger partial charge in [-0.3, -0.25) is 4.79 Å². The number of methoxy groups -OCH3 is 1. The van der Waals surface area contributed by atoms with E-state index in [9.17, 15) is 4.79 Å². The van der Waals surface area contributed by atoms with Crippen molar-refractivity contribution in [3.63, 3.8) is 0 Å². The molecule has 0 aliphatic heterocycles. The summed E-state index contributed by atoms with van der Waals surface area (Å²) in [6.45, 7) is 13.8. The lowest BCUT2D eigenvalue weighted by Crippen LogP contribution is -2.37. The van der Waals surface area contributed by atoms with Crippen LogP contribution >= 0.6 is 11.8 Å². The number of anilines is 2. The number of nitrogen functional groups attached to an aromatic ring is 1. The Hall–Kier alpha value is -2.63. The van der Waals surface area contributed by atoms with Gasteiger partial charge in [0.2, 0.25) is 17.1 Å². The van der Waals surface area contributed by atoms with Gasteiger partial charge in [-0.05, 0) is 34.0 Å². The second kappa shape index (κ2) is 11.0. The zero-order valence-electron chi connectivity index (χ0n) is 19.1. The molecule has 168 valence electrons. The molecule has 0 bridgehead atoms. The zero-order valence-corrected chi connectivity index (χ0v) is 20.0. The van der Waals surface area contributed by atoms with Crippen LogP contribution in [0.15, 0.2) is 9.95 Å². The first-order chi connectivity index (χ1) is 13.9. The quantitative estimate of drug-likeness (QED) is 0.448. The number of ether oxygens (including phenoxy) is 1. The van der Waals surface area contributed by atoms with E-state index in [1.165, 1.54) is 18.9 Å². The molecule has 2 heterocycles. The molecule has 0 saturated carbocycles. The maximum absolute atomic E-state index is 11.7. The predicted octanol–water partition coefficient (Wildman–Crippen LogP) is 1.89. The molecule has 2 aromatic heterocycles. The monoisotopic (exact) mass is 439 g/mol. The lowest BCUT2D eigenvalue weighted by atomic mass is 9.93. The average Bonchev–Trinajstić information content (AvgIpc) is 2.62. The summed E-state index contributed by atoms with van der Waals surface area (Å²) in [5.74, 6) is 6.61. The zero-order chi connectivity index (χ0) is 23.1. The Morgan fingerprint density at radius 3 is 1.87 bits per heavy atom. The van der Waals surface area contributed by atoms with Crippen LogP contribution in [0.5, 0.6) is 6.01 Å². The van der Waals surface area contributed by atoms with Crippen LogP contribution in [0.2, 0.25) is 0 Å². The van der Waals surface area contributed by atoms with Crippen LogP contribution in [0.1, 0.15) is 54.2 Å². The molecule has 0 aliphatic carbocycles. The topological polar surface area (TPSA) is 146 Å². The number of rotatable bonds is 6. The van der Waals surface area contributed by atoms with Crippen molar-refractivity contribution in [2.75, 3.05) is 29.8 Å². The molecular formula is C18H33N9O2S. The number of thioether (sulfide) groups is 1. The SMILES string of the molecule is COc1nc(NC(C)C)nc(NC(C)C)n1.CSc1nnc(C(C)(C)C)c(=O)n1N. The van der Waals surface area contributed by atoms with Gasteiger partial charge in [0, 0.05) is 17.5 Å². The molecular weight excluding hydrogens is 406 g/mol. The predicted molar refractivity (Wildman–Crippen MR) is 121 cm³/mol. The highest BCUT2D eigenvalue weighted by molar-refractivity contribution is 7.98. The first-order valence-corrected chi connectivity index (χ1v) is 10.7. The van der Waals surface area contributed by atoms with Gasteiger partial charge in [-0.15, -0.1) is 10.2 Å². The molecule has 12 heteroatoms. The Labute approximate surface area is 181 Å². The lowest BCUT2D eigenvalue weighted by Gasteiger charge is -2.16. The van der Waals surface area contributed by atoms with Crippen LogP contribution in [-0.4, -0.2) is 55.3 Å². The fourth-order valence-electron chi connectivity index (χ4n) is 2.09. The summed E-state index contributed by atoms with van der Waals surface area (Å²) in [5.41, 5.74) is -0.225. The van der Waals surface area contributed by atoms with Gasteiger partial charge < -0.3 is 21.2 Å². The van der Waals surface area contributed by atoms with Gasteiger partial charge in [-0.25, -0.2) is 0 Å². The van der Waals surface area contributed by atoms with Crippen LogP contribution in [-0.2, 0) is 5.41 Å². The highest BCUT2D eigenvalue weighted by atomic mass is 32.2. The maximum atomic E-state index is 11.7. The number of nitrogens with one attached hydrogen (secondary N) is 2. The first kappa shape index (κ1) is 25.4. The van der Waals surface area contributed by atoms with Gasteiger partial charge >= 0.3 is 6.01 Å². The van der Waals surface area contributed by atoms with E-state index in [1.54, 1.807) is 6.26 Å². The van der Waals surface area contributed by atoms with Crippen LogP contribution in [0.25, 0.3) is 0 Å². The summed E-state index contributed by atoms with van der Waals surface area (Å²) >= 11 is 1.29. The van der Waals surface area contributed by atoms with Crippen molar-refractivity contribution in [1.29, 1.82) is 0 Å². The molecule has 0 radical (unpaired) electrons. The van der Waals surface area contributed by atoms with E-state index in [-0.39, 0.29) is 23.1 Å². The summed E-state index contributed by atoms with van der Waals surface area (Å²) in [7, 11) is 1.54. The van der Waals surface area contributed by atoms with Crippen molar-refractivity contribution in [3.8, 4) is 6.01 Å². The van der Waals surface area contributed by atoms with Crippen molar-refractivity contribution in [1.82, 2.24) is 29.8 Å². The van der Waals surface area contributed by atoms with E-state index in [4.69, 9.17) is 10.6 Å². The Morgan fingerprint density at radius 2 is 1.50 bits per heavy atom. The lowest BCUT2D eigenvalue weighted by molar-refractivity contribution is 0.379. The minimum atomic E-state index is -0.331. The van der Waals surface area contributed by atoms with Crippen molar-refractivity contribution in [2.24, 2.45) is 0 Å². The van der Waals surface area contributed by atoms with E-state index in [2.05, 4.69) is 35.8 Å². The number of aromatic nitrogens is 6. The van der Waals surface area contributed by atoms with Crippen LogP contribution in [0.4, 0.5) is 11.9 Å². The molecule has 0 amide bonds. The number of nitrogens with two attached hydrogens (primary N) is 1. The molecule has 11 nitrogen and oxygen atoms in total. The summed E-state index contributed by atoms with van der Waals surface area (Å²) in [6, 6.07) is 0.833. The largest absolute Gasteiger partial charge is 0.467 e. The van der Waals surface area contributed by atoms with Crippen molar-refractivity contribution >= 4 is 23.7 Å². The summed E-state index contributed by atoms with van der Waals surface area (Å²) in [6.07, 6.45) is 1.80. The third-order valence-corrected chi connectivity index (χ3v) is 4.03. The fraction of sp³-hybridized carbons (Fsp3) is 0.667. The molecule has 0 saturated heterocycles. The highest BCUT2D eigenvalue weighted by Gasteiger charge is 2.22. The van der Waals surface area contributed by atoms with E-state index < -0.39 is 0 Å². The molecule has 30 heavy (non-hydrogen) atoms. The second-order valence-corrected chi connectivity index (χ2v) is 8.80. The molecule has 2 aromatic rings. The molecule has 0 spiro atoms. The molecule has 0 aromatic carbocycles.